The molecule has 0 spiro atoms. The van der Waals surface area contributed by atoms with E-state index in [-0.39, 0.29) is 27.8 Å². The van der Waals surface area contributed by atoms with Gasteiger partial charge in [0.2, 0.25) is 0 Å². The van der Waals surface area contributed by atoms with Crippen LogP contribution in [-0.2, 0) is 26.2 Å². The van der Waals surface area contributed by atoms with Crippen LogP contribution >= 0.6 is 54.5 Å². The van der Waals surface area contributed by atoms with E-state index in [0.29, 0.717) is 43.5 Å². The van der Waals surface area contributed by atoms with Crippen LogP contribution in [0.15, 0.2) is 151 Å². The molecular formula is C54H65Br2N8O5S2+. The fourth-order valence-electron chi connectivity index (χ4n) is 8.52. The predicted octanol–water partition coefficient (Wildman–Crippen LogP) is 11.5. The maximum absolute atomic E-state index is 13.6. The fourth-order valence-corrected chi connectivity index (χ4v) is 10.6. The fraction of sp³-hybridized carbons (Fsp3) is 0.333. The molecule has 8 aromatic rings. The standard InChI is InChI=1S/C27H32BrN4O2S.C27H31BrN4OS.H2O2/c1-4-24(30(15-16-32(2,3)34)18-21-10-12-22(28)13-11-21)25-29-26-23(14-17-35-26)27(33)31(25)19-20-8-6-5-7-9-20;1-4-24(31(16-15-30(2)3)18-21-10-12-22(28)13-11-21)25-29-26-23(14-17-34-26)27(33)32(25)19-20-8-6-5-7-9-20;1-2/h5-14,17,24,34H,4,15-16,18-19H2,1-3H3;5-14,17,24H,4,15-16,18-19H2,1-3H3;1-2H/q+1;;. The number of benzene rings is 4. The van der Waals surface area contributed by atoms with Crippen LogP contribution in [0.1, 0.15) is 72.7 Å². The summed E-state index contributed by atoms with van der Waals surface area (Å²) in [5.41, 5.74) is 4.62. The van der Waals surface area contributed by atoms with Gasteiger partial charge < -0.3 is 4.90 Å². The van der Waals surface area contributed by atoms with E-state index < -0.39 is 0 Å². The molecule has 3 N–H and O–H groups in total. The number of rotatable bonds is 20. The van der Waals surface area contributed by atoms with Crippen molar-refractivity contribution in [2.45, 2.75) is 65.0 Å². The van der Waals surface area contributed by atoms with Crippen LogP contribution < -0.4 is 11.1 Å². The largest absolute Gasteiger partial charge is 0.308 e. The lowest BCUT2D eigenvalue weighted by atomic mass is 10.1. The van der Waals surface area contributed by atoms with Crippen molar-refractivity contribution in [3.8, 4) is 0 Å². The molecule has 17 heteroatoms. The SMILES string of the molecule is CCC(c1nc2sccc2c(=O)n1Cc1ccccc1)N(CCN(C)C)Cc1ccc(Br)cc1.CCC(c1nc2sccc2c(=O)n1Cc1ccccc1)N(CC[N+](C)(C)O)Cc1ccc(Br)cc1.OO. The molecule has 4 aromatic carbocycles. The third kappa shape index (κ3) is 15.4. The van der Waals surface area contributed by atoms with Crippen molar-refractivity contribution < 1.29 is 20.4 Å². The Morgan fingerprint density at radius 1 is 0.577 bits per heavy atom. The summed E-state index contributed by atoms with van der Waals surface area (Å²) in [5.74, 6) is 1.62. The van der Waals surface area contributed by atoms with Gasteiger partial charge in [-0.05, 0) is 96.3 Å². The van der Waals surface area contributed by atoms with E-state index in [1.54, 1.807) is 14.1 Å². The van der Waals surface area contributed by atoms with Crippen LogP contribution in [0.4, 0.5) is 0 Å². The van der Waals surface area contributed by atoms with Gasteiger partial charge >= 0.3 is 0 Å². The number of quaternary nitrogens is 1. The molecular weight excluding hydrogens is 1060 g/mol. The van der Waals surface area contributed by atoms with E-state index in [2.05, 4.69) is 123 Å². The molecule has 8 rings (SSSR count). The number of hydroxylamine groups is 3. The molecule has 0 saturated carbocycles. The Bertz CT molecular complexity index is 3000. The van der Waals surface area contributed by atoms with Gasteiger partial charge in [0.05, 0.1) is 56.6 Å². The number of halogens is 2. The molecule has 376 valence electrons. The molecule has 0 aliphatic rings. The second kappa shape index (κ2) is 26.8. The monoisotopic (exact) mass is 1130 g/mol. The molecule has 0 radical (unpaired) electrons. The van der Waals surface area contributed by atoms with Gasteiger partial charge in [0.1, 0.15) is 27.9 Å². The van der Waals surface area contributed by atoms with Crippen LogP contribution in [0.3, 0.4) is 0 Å². The average Bonchev–Trinajstić information content (AvgIpc) is 4.06. The maximum atomic E-state index is 13.6. The predicted molar refractivity (Wildman–Crippen MR) is 297 cm³/mol. The Hall–Kier alpha value is -4.76. The number of thiophene rings is 2. The van der Waals surface area contributed by atoms with Gasteiger partial charge in [-0.25, -0.2) is 15.2 Å². The minimum Gasteiger partial charge on any atom is -0.308 e. The Kier molecular flexibility index (Phi) is 21.0. The van der Waals surface area contributed by atoms with Gasteiger partial charge in [0, 0.05) is 35.1 Å². The summed E-state index contributed by atoms with van der Waals surface area (Å²) in [4.78, 5) is 46.0. The Morgan fingerprint density at radius 2 is 0.972 bits per heavy atom. The van der Waals surface area contributed by atoms with Gasteiger partial charge in [0.15, 0.2) is 0 Å². The maximum Gasteiger partial charge on any atom is 0.262 e. The Morgan fingerprint density at radius 3 is 1.34 bits per heavy atom. The zero-order valence-electron chi connectivity index (χ0n) is 41.2. The summed E-state index contributed by atoms with van der Waals surface area (Å²) < 4.78 is 5.72. The van der Waals surface area contributed by atoms with Crippen molar-refractivity contribution >= 4 is 75.0 Å². The molecule has 0 fully saturated rings. The van der Waals surface area contributed by atoms with Crippen molar-refractivity contribution in [1.29, 1.82) is 0 Å². The third-order valence-corrected chi connectivity index (χ3v) is 14.9. The molecule has 4 aromatic heterocycles. The van der Waals surface area contributed by atoms with Gasteiger partial charge in [-0.1, -0.05) is 131 Å². The molecule has 2 unspecified atom stereocenters. The van der Waals surface area contributed by atoms with Crippen LogP contribution in [0, 0.1) is 0 Å². The van der Waals surface area contributed by atoms with Crippen LogP contribution in [0.2, 0.25) is 0 Å². The molecule has 4 heterocycles. The molecule has 0 bridgehead atoms. The second-order valence-corrected chi connectivity index (χ2v) is 21.8. The molecule has 2 atom stereocenters. The molecule has 0 aliphatic carbocycles. The highest BCUT2D eigenvalue weighted by molar-refractivity contribution is 9.10. The number of hydrogen-bond acceptors (Lipinski definition) is 12. The first-order valence-corrected chi connectivity index (χ1v) is 27.0. The highest BCUT2D eigenvalue weighted by Crippen LogP contribution is 2.30. The van der Waals surface area contributed by atoms with E-state index in [4.69, 9.17) is 20.5 Å². The molecule has 13 nitrogen and oxygen atoms in total. The van der Waals surface area contributed by atoms with E-state index in [1.165, 1.54) is 33.8 Å². The van der Waals surface area contributed by atoms with Gasteiger partial charge in [-0.2, -0.15) is 4.65 Å². The Labute approximate surface area is 441 Å². The summed E-state index contributed by atoms with van der Waals surface area (Å²) in [6.45, 7) is 9.81. The molecule has 71 heavy (non-hydrogen) atoms. The Balaban J connectivity index is 0.000000225. The smallest absolute Gasteiger partial charge is 0.262 e. The summed E-state index contributed by atoms with van der Waals surface area (Å²) in [6, 6.07) is 40.7. The van der Waals surface area contributed by atoms with Gasteiger partial charge in [0.25, 0.3) is 11.1 Å². The van der Waals surface area contributed by atoms with Crippen molar-refractivity contribution in [3.05, 3.63) is 196 Å². The van der Waals surface area contributed by atoms with Crippen LogP contribution in [0.25, 0.3) is 20.4 Å². The van der Waals surface area contributed by atoms with E-state index in [9.17, 15) is 14.8 Å². The van der Waals surface area contributed by atoms with E-state index in [1.807, 2.05) is 92.7 Å². The normalized spacial score (nSPS) is 12.5. The third-order valence-electron chi connectivity index (χ3n) is 12.2. The highest BCUT2D eigenvalue weighted by Gasteiger charge is 2.29. The van der Waals surface area contributed by atoms with Crippen LogP contribution in [-0.4, -0.2) is 109 Å². The average molecular weight is 1130 g/mol. The summed E-state index contributed by atoms with van der Waals surface area (Å²) >= 11 is 10.1. The van der Waals surface area contributed by atoms with Crippen molar-refractivity contribution in [1.82, 2.24) is 33.8 Å². The number of likely N-dealkylation sites (N-methyl/N-ethyl adjacent to an activating group) is 2. The van der Waals surface area contributed by atoms with Gasteiger partial charge in [-0.3, -0.25) is 39.0 Å². The quantitative estimate of drug-likeness (QED) is 0.0384. The first kappa shape index (κ1) is 55.6. The topological polar surface area (TPSA) is 140 Å². The highest BCUT2D eigenvalue weighted by atomic mass is 79.9. The second-order valence-electron chi connectivity index (χ2n) is 18.2. The van der Waals surface area contributed by atoms with Crippen LogP contribution in [0.5, 0.6) is 0 Å². The first-order chi connectivity index (χ1) is 34.2. The van der Waals surface area contributed by atoms with E-state index >= 15 is 0 Å². The summed E-state index contributed by atoms with van der Waals surface area (Å²) in [7, 11) is 7.75. The van der Waals surface area contributed by atoms with E-state index in [0.717, 1.165) is 73.9 Å². The summed E-state index contributed by atoms with van der Waals surface area (Å²) in [5, 5.41) is 27.7. The number of fused-ring (bicyclic) bond motifs is 2. The number of hydrogen-bond donors (Lipinski definition) is 3. The lowest BCUT2D eigenvalue weighted by molar-refractivity contribution is -1.07. The summed E-state index contributed by atoms with van der Waals surface area (Å²) in [6.07, 6.45) is 1.65. The minimum atomic E-state index is -0.124. The van der Waals surface area contributed by atoms with Crippen molar-refractivity contribution in [2.24, 2.45) is 0 Å². The van der Waals surface area contributed by atoms with Gasteiger partial charge in [-0.15, -0.1) is 22.7 Å². The lowest BCUT2D eigenvalue weighted by Gasteiger charge is -2.33. The number of aromatic nitrogens is 4. The molecule has 0 saturated heterocycles. The zero-order chi connectivity index (χ0) is 51.1. The lowest BCUT2D eigenvalue weighted by Crippen LogP contribution is -2.44. The zero-order valence-corrected chi connectivity index (χ0v) is 46.0. The van der Waals surface area contributed by atoms with Crippen molar-refractivity contribution in [3.63, 3.8) is 0 Å². The van der Waals surface area contributed by atoms with Crippen molar-refractivity contribution in [2.75, 3.05) is 54.4 Å². The number of nitrogens with zero attached hydrogens (tertiary/aromatic N) is 8. The first-order valence-electron chi connectivity index (χ1n) is 23.6. The molecule has 0 aliphatic heterocycles. The molecule has 0 amide bonds. The minimum absolute atomic E-state index is 0.00425.